The summed E-state index contributed by atoms with van der Waals surface area (Å²) in [5, 5.41) is 7.21. The van der Waals surface area contributed by atoms with Gasteiger partial charge in [0.15, 0.2) is 5.82 Å². The Morgan fingerprint density at radius 2 is 1.10 bits per heavy atom. The molecule has 0 saturated heterocycles. The predicted octanol–water partition coefficient (Wildman–Crippen LogP) is 11.2. The highest BCUT2D eigenvalue weighted by atomic mass is 15.0. The molecule has 0 fully saturated rings. The van der Waals surface area contributed by atoms with Gasteiger partial charge in [-0.05, 0) is 83.6 Å². The summed E-state index contributed by atoms with van der Waals surface area (Å²) in [6.07, 6.45) is 2.18. The smallest absolute Gasteiger partial charge is 0.160 e. The van der Waals surface area contributed by atoms with Crippen LogP contribution in [0.15, 0.2) is 170 Å². The second-order valence-corrected chi connectivity index (χ2v) is 12.3. The molecule has 3 heterocycles. The van der Waals surface area contributed by atoms with Crippen LogP contribution in [0.2, 0.25) is 0 Å². The lowest BCUT2D eigenvalue weighted by molar-refractivity contribution is 1.13. The lowest BCUT2D eigenvalue weighted by atomic mass is 10.0. The standard InChI is InChI=1S/C44H28N4/c1-2-12-33(13-3-1)47-27-26-37-39(47)24-25-41-42(37)36-15-7-9-17-40(36)48(41)34-22-20-30(21-23-34)44-45-38-16-8-6-14-35(38)43(46-44)32-19-18-29-10-4-5-11-31(29)28-32/h1-28H. The Hall–Kier alpha value is -6.52. The molecular formula is C44H28N4. The van der Waals surface area contributed by atoms with Gasteiger partial charge in [0, 0.05) is 50.2 Å². The second kappa shape index (κ2) is 10.5. The summed E-state index contributed by atoms with van der Waals surface area (Å²) < 4.78 is 4.64. The van der Waals surface area contributed by atoms with Gasteiger partial charge < -0.3 is 9.13 Å². The SMILES string of the molecule is c1ccc(-n2ccc3c4c5ccccc5n(-c5ccc(-c6nc(-c7ccc8ccccc8c7)c7ccccc7n6)cc5)c4ccc32)cc1. The lowest BCUT2D eigenvalue weighted by Gasteiger charge is -2.12. The molecule has 0 aliphatic heterocycles. The highest BCUT2D eigenvalue weighted by Gasteiger charge is 2.17. The van der Waals surface area contributed by atoms with E-state index in [0.29, 0.717) is 0 Å². The molecule has 0 saturated carbocycles. The zero-order valence-corrected chi connectivity index (χ0v) is 26.0. The highest BCUT2D eigenvalue weighted by molar-refractivity contribution is 6.21. The maximum absolute atomic E-state index is 5.18. The Morgan fingerprint density at radius 1 is 0.417 bits per heavy atom. The number of nitrogens with zero attached hydrogens (tertiary/aromatic N) is 4. The normalized spacial score (nSPS) is 11.8. The molecule has 10 aromatic rings. The maximum atomic E-state index is 5.18. The summed E-state index contributed by atoms with van der Waals surface area (Å²) in [6.45, 7) is 0. The molecule has 4 nitrogen and oxygen atoms in total. The average Bonchev–Trinajstić information content (AvgIpc) is 3.74. The molecule has 0 N–H and O–H groups in total. The molecule has 0 atom stereocenters. The van der Waals surface area contributed by atoms with Crippen LogP contribution in [-0.4, -0.2) is 19.1 Å². The van der Waals surface area contributed by atoms with Crippen molar-refractivity contribution in [3.05, 3.63) is 170 Å². The first-order valence-corrected chi connectivity index (χ1v) is 16.3. The van der Waals surface area contributed by atoms with Crippen LogP contribution in [0.5, 0.6) is 0 Å². The van der Waals surface area contributed by atoms with E-state index < -0.39 is 0 Å². The van der Waals surface area contributed by atoms with Crippen molar-refractivity contribution >= 4 is 54.4 Å². The van der Waals surface area contributed by atoms with Crippen molar-refractivity contribution in [3.8, 4) is 34.0 Å². The van der Waals surface area contributed by atoms with Crippen molar-refractivity contribution in [2.45, 2.75) is 0 Å². The third kappa shape index (κ3) is 4.10. The van der Waals surface area contributed by atoms with Crippen LogP contribution in [0.1, 0.15) is 0 Å². The van der Waals surface area contributed by atoms with E-state index in [9.17, 15) is 0 Å². The van der Waals surface area contributed by atoms with Gasteiger partial charge in [-0.2, -0.15) is 0 Å². The van der Waals surface area contributed by atoms with Gasteiger partial charge in [0.2, 0.25) is 0 Å². The van der Waals surface area contributed by atoms with Crippen LogP contribution >= 0.6 is 0 Å². The Bertz CT molecular complexity index is 2820. The molecule has 10 rings (SSSR count). The van der Waals surface area contributed by atoms with E-state index in [1.54, 1.807) is 0 Å². The first kappa shape index (κ1) is 26.7. The number of hydrogen-bond acceptors (Lipinski definition) is 2. The predicted molar refractivity (Wildman–Crippen MR) is 199 cm³/mol. The van der Waals surface area contributed by atoms with E-state index in [1.165, 1.54) is 43.5 Å². The number of aromatic nitrogens is 4. The quantitative estimate of drug-likeness (QED) is 0.198. The average molecular weight is 613 g/mol. The van der Waals surface area contributed by atoms with Gasteiger partial charge in [-0.1, -0.05) is 91.0 Å². The minimum absolute atomic E-state index is 0.717. The molecule has 0 aliphatic carbocycles. The van der Waals surface area contributed by atoms with Gasteiger partial charge in [0.1, 0.15) is 0 Å². The number of rotatable bonds is 4. The van der Waals surface area contributed by atoms with Crippen molar-refractivity contribution in [2.75, 3.05) is 0 Å². The Morgan fingerprint density at radius 3 is 1.98 bits per heavy atom. The number of para-hydroxylation sites is 3. The molecular weight excluding hydrogens is 585 g/mol. The molecule has 0 bridgehead atoms. The topological polar surface area (TPSA) is 35.6 Å². The fraction of sp³-hybridized carbons (Fsp3) is 0. The molecule has 224 valence electrons. The summed E-state index contributed by atoms with van der Waals surface area (Å²) in [4.78, 5) is 10.2. The lowest BCUT2D eigenvalue weighted by Crippen LogP contribution is -1.97. The molecule has 3 aromatic heterocycles. The zero-order chi connectivity index (χ0) is 31.6. The van der Waals surface area contributed by atoms with E-state index in [4.69, 9.17) is 9.97 Å². The van der Waals surface area contributed by atoms with Gasteiger partial charge in [-0.15, -0.1) is 0 Å². The zero-order valence-electron chi connectivity index (χ0n) is 26.0. The van der Waals surface area contributed by atoms with Crippen molar-refractivity contribution < 1.29 is 0 Å². The summed E-state index contributed by atoms with van der Waals surface area (Å²) in [5.41, 5.74) is 9.76. The molecule has 0 aliphatic rings. The van der Waals surface area contributed by atoms with E-state index in [1.807, 2.05) is 6.07 Å². The molecule has 0 spiro atoms. The third-order valence-corrected chi connectivity index (χ3v) is 9.55. The summed E-state index contributed by atoms with van der Waals surface area (Å²) in [7, 11) is 0. The second-order valence-electron chi connectivity index (χ2n) is 12.3. The van der Waals surface area contributed by atoms with Crippen molar-refractivity contribution in [1.82, 2.24) is 19.1 Å². The minimum Gasteiger partial charge on any atom is -0.317 e. The fourth-order valence-corrected chi connectivity index (χ4v) is 7.30. The number of hydrogen-bond donors (Lipinski definition) is 0. The Kier molecular flexibility index (Phi) is 5.84. The number of fused-ring (bicyclic) bond motifs is 7. The van der Waals surface area contributed by atoms with Gasteiger partial charge >= 0.3 is 0 Å². The maximum Gasteiger partial charge on any atom is 0.160 e. The van der Waals surface area contributed by atoms with Crippen molar-refractivity contribution in [3.63, 3.8) is 0 Å². The van der Waals surface area contributed by atoms with Crippen LogP contribution in [-0.2, 0) is 0 Å². The van der Waals surface area contributed by atoms with Crippen LogP contribution in [0.25, 0.3) is 88.4 Å². The molecule has 4 heteroatoms. The van der Waals surface area contributed by atoms with Crippen molar-refractivity contribution in [2.24, 2.45) is 0 Å². The Balaban J connectivity index is 1.11. The first-order chi connectivity index (χ1) is 23.8. The van der Waals surface area contributed by atoms with E-state index in [-0.39, 0.29) is 0 Å². The Labute approximate surface area is 276 Å². The van der Waals surface area contributed by atoms with Crippen LogP contribution in [0.3, 0.4) is 0 Å². The third-order valence-electron chi connectivity index (χ3n) is 9.55. The van der Waals surface area contributed by atoms with Gasteiger partial charge in [0.25, 0.3) is 0 Å². The van der Waals surface area contributed by atoms with E-state index in [2.05, 4.69) is 173 Å². The molecule has 0 unspecified atom stereocenters. The van der Waals surface area contributed by atoms with Crippen LogP contribution in [0.4, 0.5) is 0 Å². The first-order valence-electron chi connectivity index (χ1n) is 16.3. The number of benzene rings is 7. The van der Waals surface area contributed by atoms with Crippen LogP contribution in [0, 0.1) is 0 Å². The monoisotopic (exact) mass is 612 g/mol. The van der Waals surface area contributed by atoms with Crippen molar-refractivity contribution in [1.29, 1.82) is 0 Å². The summed E-state index contributed by atoms with van der Waals surface area (Å²) in [5.74, 6) is 0.717. The largest absolute Gasteiger partial charge is 0.317 e. The minimum atomic E-state index is 0.717. The highest BCUT2D eigenvalue weighted by Crippen LogP contribution is 2.38. The van der Waals surface area contributed by atoms with E-state index in [0.717, 1.165) is 44.9 Å². The van der Waals surface area contributed by atoms with Gasteiger partial charge in [0.05, 0.1) is 27.8 Å². The van der Waals surface area contributed by atoms with Gasteiger partial charge in [-0.3, -0.25) is 0 Å². The molecule has 0 radical (unpaired) electrons. The fourth-order valence-electron chi connectivity index (χ4n) is 7.30. The summed E-state index contributed by atoms with van der Waals surface area (Å²) in [6, 6.07) is 57.9. The van der Waals surface area contributed by atoms with Crippen LogP contribution < -0.4 is 0 Å². The molecule has 0 amide bonds. The molecule has 48 heavy (non-hydrogen) atoms. The van der Waals surface area contributed by atoms with Gasteiger partial charge in [-0.25, -0.2) is 9.97 Å². The summed E-state index contributed by atoms with van der Waals surface area (Å²) >= 11 is 0. The molecule has 7 aromatic carbocycles. The van der Waals surface area contributed by atoms with E-state index >= 15 is 0 Å².